The number of aryl methyl sites for hydroxylation is 2. The highest BCUT2D eigenvalue weighted by molar-refractivity contribution is 8.04. The van der Waals surface area contributed by atoms with Crippen LogP contribution >= 0.6 is 11.8 Å². The Morgan fingerprint density at radius 3 is 2.37 bits per heavy atom. The number of aliphatic hydroxyl groups excluding tert-OH is 1. The van der Waals surface area contributed by atoms with Gasteiger partial charge in [0.25, 0.3) is 11.8 Å². The molecule has 27 heavy (non-hydrogen) atoms. The van der Waals surface area contributed by atoms with E-state index in [1.807, 2.05) is 32.0 Å². The number of amides is 2. The fraction of sp³-hybridized carbons (Fsp3) is 0.238. The molecule has 5 nitrogen and oxygen atoms in total. The summed E-state index contributed by atoms with van der Waals surface area (Å²) in [5, 5.41) is 9.20. The highest BCUT2D eigenvalue weighted by Gasteiger charge is 2.40. The summed E-state index contributed by atoms with van der Waals surface area (Å²) in [4.78, 5) is 28.0. The molecule has 140 valence electrons. The molecule has 2 aromatic rings. The van der Waals surface area contributed by atoms with Crippen LogP contribution in [0.25, 0.3) is 5.57 Å². The van der Waals surface area contributed by atoms with E-state index in [9.17, 15) is 14.7 Å². The van der Waals surface area contributed by atoms with Gasteiger partial charge in [-0.1, -0.05) is 24.3 Å². The van der Waals surface area contributed by atoms with Crippen molar-refractivity contribution in [3.8, 4) is 5.75 Å². The number of imide groups is 1. The summed E-state index contributed by atoms with van der Waals surface area (Å²) in [6, 6.07) is 12.7. The summed E-state index contributed by atoms with van der Waals surface area (Å²) in [7, 11) is 1.57. The van der Waals surface area contributed by atoms with Gasteiger partial charge in [0.2, 0.25) is 0 Å². The normalized spacial score (nSPS) is 14.3. The van der Waals surface area contributed by atoms with Gasteiger partial charge in [0.1, 0.15) is 5.75 Å². The fourth-order valence-corrected chi connectivity index (χ4v) is 3.84. The summed E-state index contributed by atoms with van der Waals surface area (Å²) in [6.45, 7) is 3.73. The number of anilines is 1. The summed E-state index contributed by atoms with van der Waals surface area (Å²) >= 11 is 1.20. The number of nitrogens with zero attached hydrogens (tertiary/aromatic N) is 1. The van der Waals surface area contributed by atoms with Crippen molar-refractivity contribution in [2.45, 2.75) is 13.8 Å². The Bertz CT molecular complexity index is 918. The first-order valence-corrected chi connectivity index (χ1v) is 9.55. The Balaban J connectivity index is 2.09. The lowest BCUT2D eigenvalue weighted by Crippen LogP contribution is -2.32. The lowest BCUT2D eigenvalue weighted by atomic mass is 10.1. The van der Waals surface area contributed by atoms with Crippen molar-refractivity contribution >= 4 is 34.8 Å². The third-order valence-corrected chi connectivity index (χ3v) is 5.42. The number of benzene rings is 2. The van der Waals surface area contributed by atoms with Crippen LogP contribution in [0.2, 0.25) is 0 Å². The lowest BCUT2D eigenvalue weighted by molar-refractivity contribution is -0.119. The van der Waals surface area contributed by atoms with E-state index in [1.54, 1.807) is 31.4 Å². The molecule has 6 heteroatoms. The second kappa shape index (κ2) is 7.98. The second-order valence-electron chi connectivity index (χ2n) is 6.24. The van der Waals surface area contributed by atoms with Crippen molar-refractivity contribution in [3.05, 3.63) is 64.1 Å². The molecule has 2 amide bonds. The number of ether oxygens (including phenoxy) is 1. The van der Waals surface area contributed by atoms with E-state index in [1.165, 1.54) is 16.7 Å². The van der Waals surface area contributed by atoms with Crippen LogP contribution in [0.3, 0.4) is 0 Å². The number of carbonyl (C=O) groups is 2. The summed E-state index contributed by atoms with van der Waals surface area (Å²) in [6.07, 6.45) is 0. The number of rotatable bonds is 6. The first-order valence-electron chi connectivity index (χ1n) is 8.56. The van der Waals surface area contributed by atoms with Gasteiger partial charge < -0.3 is 9.84 Å². The second-order valence-corrected chi connectivity index (χ2v) is 7.35. The first-order chi connectivity index (χ1) is 13.0. The average molecular weight is 383 g/mol. The largest absolute Gasteiger partial charge is 0.497 e. The van der Waals surface area contributed by atoms with Gasteiger partial charge in [-0.2, -0.15) is 0 Å². The Labute approximate surface area is 162 Å². The van der Waals surface area contributed by atoms with Crippen molar-refractivity contribution in [1.29, 1.82) is 0 Å². The molecule has 0 aromatic heterocycles. The van der Waals surface area contributed by atoms with Gasteiger partial charge in [0, 0.05) is 5.75 Å². The van der Waals surface area contributed by atoms with Gasteiger partial charge in [-0.3, -0.25) is 9.59 Å². The van der Waals surface area contributed by atoms with E-state index < -0.39 is 0 Å². The third-order valence-electron chi connectivity index (χ3n) is 4.36. The molecule has 0 spiro atoms. The number of carbonyl (C=O) groups excluding carboxylic acids is 2. The van der Waals surface area contributed by atoms with Crippen molar-refractivity contribution in [2.24, 2.45) is 0 Å². The molecular formula is C21H21NO4S. The van der Waals surface area contributed by atoms with Crippen LogP contribution < -0.4 is 9.64 Å². The molecule has 3 rings (SSSR count). The van der Waals surface area contributed by atoms with E-state index in [0.29, 0.717) is 33.2 Å². The standard InChI is InChI=1S/C21H21NO4S/c1-13-4-5-14(2)17(12-13)22-20(24)18(19(21(22)25)27-11-10-23)15-6-8-16(26-3)9-7-15/h4-9,12,23H,10-11H2,1-3H3. The van der Waals surface area contributed by atoms with Crippen LogP contribution in [0, 0.1) is 13.8 Å². The van der Waals surface area contributed by atoms with Gasteiger partial charge in [0.15, 0.2) is 0 Å². The number of hydrogen-bond acceptors (Lipinski definition) is 5. The van der Waals surface area contributed by atoms with E-state index in [2.05, 4.69) is 0 Å². The lowest BCUT2D eigenvalue weighted by Gasteiger charge is -2.18. The molecule has 0 atom stereocenters. The zero-order valence-corrected chi connectivity index (χ0v) is 16.3. The van der Waals surface area contributed by atoms with Crippen molar-refractivity contribution in [3.63, 3.8) is 0 Å². The molecule has 0 aliphatic carbocycles. The summed E-state index contributed by atoms with van der Waals surface area (Å²) in [5.74, 6) is 0.318. The minimum atomic E-state index is -0.349. The van der Waals surface area contributed by atoms with Crippen LogP contribution in [-0.4, -0.2) is 36.4 Å². The van der Waals surface area contributed by atoms with Crippen LogP contribution in [0.1, 0.15) is 16.7 Å². The van der Waals surface area contributed by atoms with E-state index in [4.69, 9.17) is 4.74 Å². The topological polar surface area (TPSA) is 66.8 Å². The first kappa shape index (κ1) is 19.2. The fourth-order valence-electron chi connectivity index (χ4n) is 2.98. The van der Waals surface area contributed by atoms with Gasteiger partial charge in [-0.25, -0.2) is 4.90 Å². The maximum absolute atomic E-state index is 13.2. The molecule has 0 saturated carbocycles. The Kier molecular flexibility index (Phi) is 5.68. The van der Waals surface area contributed by atoms with Gasteiger partial charge in [-0.05, 0) is 48.7 Å². The Morgan fingerprint density at radius 1 is 1.04 bits per heavy atom. The zero-order chi connectivity index (χ0) is 19.6. The molecule has 0 radical (unpaired) electrons. The van der Waals surface area contributed by atoms with Crippen LogP contribution in [0.15, 0.2) is 47.4 Å². The van der Waals surface area contributed by atoms with Crippen LogP contribution in [0.5, 0.6) is 5.75 Å². The number of aliphatic hydroxyl groups is 1. The van der Waals surface area contributed by atoms with Crippen LogP contribution in [-0.2, 0) is 9.59 Å². The molecule has 1 aliphatic heterocycles. The molecule has 0 unspecified atom stereocenters. The SMILES string of the molecule is COc1ccc(C2=C(SCCO)C(=O)N(c3cc(C)ccc3C)C2=O)cc1. The number of thioether (sulfide) groups is 1. The highest BCUT2D eigenvalue weighted by atomic mass is 32.2. The Hall–Kier alpha value is -2.57. The molecule has 2 aromatic carbocycles. The summed E-state index contributed by atoms with van der Waals surface area (Å²) < 4.78 is 5.17. The van der Waals surface area contributed by atoms with Crippen molar-refractivity contribution in [1.82, 2.24) is 0 Å². The monoisotopic (exact) mass is 383 g/mol. The van der Waals surface area contributed by atoms with Crippen molar-refractivity contribution < 1.29 is 19.4 Å². The maximum Gasteiger partial charge on any atom is 0.272 e. The number of methoxy groups -OCH3 is 1. The summed E-state index contributed by atoms with van der Waals surface area (Å²) in [5.41, 5.74) is 3.43. The van der Waals surface area contributed by atoms with E-state index in [-0.39, 0.29) is 18.4 Å². The average Bonchev–Trinajstić information content (AvgIpc) is 2.92. The maximum atomic E-state index is 13.2. The third kappa shape index (κ3) is 3.63. The quantitative estimate of drug-likeness (QED) is 0.775. The molecule has 1 N–H and O–H groups in total. The molecule has 0 bridgehead atoms. The minimum absolute atomic E-state index is 0.0744. The van der Waals surface area contributed by atoms with Gasteiger partial charge >= 0.3 is 0 Å². The molecule has 1 heterocycles. The van der Waals surface area contributed by atoms with E-state index in [0.717, 1.165) is 11.1 Å². The minimum Gasteiger partial charge on any atom is -0.497 e. The van der Waals surface area contributed by atoms with Crippen LogP contribution in [0.4, 0.5) is 5.69 Å². The predicted molar refractivity (Wildman–Crippen MR) is 108 cm³/mol. The predicted octanol–water partition coefficient (Wildman–Crippen LogP) is 3.32. The molecular weight excluding hydrogens is 362 g/mol. The number of hydrogen-bond donors (Lipinski definition) is 1. The highest BCUT2D eigenvalue weighted by Crippen LogP contribution is 2.39. The molecule has 0 fully saturated rings. The smallest absolute Gasteiger partial charge is 0.272 e. The van der Waals surface area contributed by atoms with Crippen molar-refractivity contribution in [2.75, 3.05) is 24.4 Å². The molecule has 0 saturated heterocycles. The Morgan fingerprint density at radius 2 is 1.74 bits per heavy atom. The zero-order valence-electron chi connectivity index (χ0n) is 15.5. The van der Waals surface area contributed by atoms with E-state index >= 15 is 0 Å². The van der Waals surface area contributed by atoms with Gasteiger partial charge in [0.05, 0.1) is 29.9 Å². The molecule has 1 aliphatic rings. The van der Waals surface area contributed by atoms with Gasteiger partial charge in [-0.15, -0.1) is 11.8 Å².